The van der Waals surface area contributed by atoms with Crippen molar-refractivity contribution in [2.45, 2.75) is 117 Å². The molecule has 0 heterocycles. The maximum Gasteiger partial charge on any atom is 0.192 e. The number of ketones is 1. The summed E-state index contributed by atoms with van der Waals surface area (Å²) in [6.45, 7) is 32.6. The number of fused-ring (bicyclic) bond motifs is 2. The van der Waals surface area contributed by atoms with Crippen LogP contribution in [-0.2, 0) is 13.6 Å². The maximum atomic E-state index is 13.7. The van der Waals surface area contributed by atoms with E-state index >= 15 is 0 Å². The standard InChI is InChI=1S/C28H48BrNO3Si2/c1-15-27(10)21(32-34(11,12)24(2,3)4)16-19-23(33-35(13,14)25(5,6)7)28(27,18-30)17-20(29)22(31)26(19,8)9/h15,17,19,21,23H,1,16H2,2-14H3/t19-,21+,23-,27-,28+/m1/s1. The topological polar surface area (TPSA) is 59.3 Å². The van der Waals surface area contributed by atoms with Gasteiger partial charge in [-0.1, -0.05) is 68.4 Å². The maximum absolute atomic E-state index is 13.7. The fourth-order valence-corrected chi connectivity index (χ4v) is 8.65. The van der Waals surface area contributed by atoms with Gasteiger partial charge >= 0.3 is 0 Å². The van der Waals surface area contributed by atoms with Gasteiger partial charge in [0.25, 0.3) is 0 Å². The van der Waals surface area contributed by atoms with Crippen molar-refractivity contribution >= 4 is 38.3 Å². The molecule has 198 valence electrons. The molecule has 0 amide bonds. The van der Waals surface area contributed by atoms with Crippen LogP contribution in [0.5, 0.6) is 0 Å². The molecular formula is C28H48BrNO3Si2. The number of halogens is 1. The van der Waals surface area contributed by atoms with E-state index in [1.54, 1.807) is 0 Å². The number of nitrogens with zero attached hydrogens (tertiary/aromatic N) is 1. The molecule has 0 aromatic carbocycles. The van der Waals surface area contributed by atoms with E-state index in [2.05, 4.69) is 103 Å². The van der Waals surface area contributed by atoms with Crippen molar-refractivity contribution in [2.24, 2.45) is 22.2 Å². The van der Waals surface area contributed by atoms with Crippen molar-refractivity contribution in [1.82, 2.24) is 0 Å². The van der Waals surface area contributed by atoms with Crippen molar-refractivity contribution in [3.8, 4) is 6.07 Å². The Balaban J connectivity index is 2.89. The Bertz CT molecular complexity index is 951. The van der Waals surface area contributed by atoms with Crippen molar-refractivity contribution in [3.05, 3.63) is 23.2 Å². The first-order chi connectivity index (χ1) is 15.4. The highest BCUT2D eigenvalue weighted by atomic mass is 79.9. The van der Waals surface area contributed by atoms with Crippen molar-refractivity contribution in [3.63, 3.8) is 0 Å². The van der Waals surface area contributed by atoms with E-state index < -0.39 is 39.0 Å². The van der Waals surface area contributed by atoms with Gasteiger partial charge in [-0.3, -0.25) is 4.79 Å². The van der Waals surface area contributed by atoms with Crippen LogP contribution >= 0.6 is 15.9 Å². The molecule has 0 aromatic heterocycles. The summed E-state index contributed by atoms with van der Waals surface area (Å²) in [5.41, 5.74) is -2.58. The molecule has 2 bridgehead atoms. The lowest BCUT2D eigenvalue weighted by Gasteiger charge is -2.60. The zero-order valence-electron chi connectivity index (χ0n) is 24.4. The molecule has 0 unspecified atom stereocenters. The number of rotatable bonds is 5. The van der Waals surface area contributed by atoms with Gasteiger partial charge in [0.15, 0.2) is 22.4 Å². The molecule has 0 aliphatic heterocycles. The first-order valence-electron chi connectivity index (χ1n) is 12.8. The molecule has 7 heteroatoms. The average Bonchev–Trinajstić information content (AvgIpc) is 2.73. The van der Waals surface area contributed by atoms with Crippen LogP contribution in [0.4, 0.5) is 0 Å². The summed E-state index contributed by atoms with van der Waals surface area (Å²) in [7, 11) is -4.49. The van der Waals surface area contributed by atoms with Gasteiger partial charge in [-0.2, -0.15) is 5.26 Å². The molecule has 35 heavy (non-hydrogen) atoms. The first kappa shape index (κ1) is 30.7. The minimum Gasteiger partial charge on any atom is -0.413 e. The molecule has 2 aliphatic rings. The van der Waals surface area contributed by atoms with Crippen molar-refractivity contribution in [2.75, 3.05) is 0 Å². The molecule has 1 fully saturated rings. The lowest BCUT2D eigenvalue weighted by Crippen LogP contribution is -2.66. The molecule has 0 radical (unpaired) electrons. The Labute approximate surface area is 225 Å². The zero-order chi connectivity index (χ0) is 27.6. The summed E-state index contributed by atoms with van der Waals surface area (Å²) in [6.07, 6.45) is 3.67. The highest BCUT2D eigenvalue weighted by molar-refractivity contribution is 9.12. The normalized spacial score (nSPS) is 34.0. The third-order valence-corrected chi connectivity index (χ3v) is 19.5. The summed E-state index contributed by atoms with van der Waals surface area (Å²) in [5, 5.41) is 11.0. The van der Waals surface area contributed by atoms with E-state index in [1.165, 1.54) is 0 Å². The van der Waals surface area contributed by atoms with E-state index in [0.717, 1.165) is 0 Å². The molecule has 0 N–H and O–H groups in total. The second-order valence-corrected chi connectivity index (χ2v) is 24.9. The van der Waals surface area contributed by atoms with Crippen LogP contribution in [0.3, 0.4) is 0 Å². The lowest BCUT2D eigenvalue weighted by atomic mass is 9.50. The zero-order valence-corrected chi connectivity index (χ0v) is 27.9. The van der Waals surface area contributed by atoms with Crippen LogP contribution in [0.15, 0.2) is 23.2 Å². The molecule has 2 rings (SSSR count). The minimum absolute atomic E-state index is 0.0102. The monoisotopic (exact) mass is 581 g/mol. The molecule has 1 saturated carbocycles. The Hall–Kier alpha value is -0.526. The molecule has 2 aliphatic carbocycles. The fourth-order valence-electron chi connectivity index (χ4n) is 5.03. The predicted octanol–water partition coefficient (Wildman–Crippen LogP) is 8.38. The number of hydrogen-bond acceptors (Lipinski definition) is 4. The number of Topliss-reactive ketones (excluding diaryl/α,β-unsaturated/α-hetero) is 1. The largest absolute Gasteiger partial charge is 0.413 e. The molecular weight excluding hydrogens is 534 g/mol. The Morgan fingerprint density at radius 2 is 1.51 bits per heavy atom. The highest BCUT2D eigenvalue weighted by Crippen LogP contribution is 2.63. The summed E-state index contributed by atoms with van der Waals surface area (Å²) in [5.74, 6) is -0.166. The van der Waals surface area contributed by atoms with Gasteiger partial charge in [0, 0.05) is 16.7 Å². The summed E-state index contributed by atoms with van der Waals surface area (Å²) < 4.78 is 14.7. The van der Waals surface area contributed by atoms with Crippen molar-refractivity contribution in [1.29, 1.82) is 5.26 Å². The van der Waals surface area contributed by atoms with Gasteiger partial charge in [-0.15, -0.1) is 6.58 Å². The third kappa shape index (κ3) is 4.76. The Morgan fingerprint density at radius 3 is 1.91 bits per heavy atom. The summed E-state index contributed by atoms with van der Waals surface area (Å²) >= 11 is 3.58. The van der Waals surface area contributed by atoms with Crippen LogP contribution in [0.2, 0.25) is 36.3 Å². The van der Waals surface area contributed by atoms with Gasteiger partial charge in [0.1, 0.15) is 5.41 Å². The number of allylic oxidation sites excluding steroid dienone is 1. The van der Waals surface area contributed by atoms with Gasteiger partial charge in [0.2, 0.25) is 0 Å². The second kappa shape index (κ2) is 9.04. The number of hydrogen-bond donors (Lipinski definition) is 0. The van der Waals surface area contributed by atoms with Gasteiger partial charge in [-0.25, -0.2) is 0 Å². The Kier molecular flexibility index (Phi) is 7.93. The van der Waals surface area contributed by atoms with Crippen LogP contribution in [0.25, 0.3) is 0 Å². The van der Waals surface area contributed by atoms with Crippen LogP contribution in [0.1, 0.15) is 68.7 Å². The molecule has 0 saturated heterocycles. The van der Waals surface area contributed by atoms with E-state index in [9.17, 15) is 10.1 Å². The first-order valence-corrected chi connectivity index (χ1v) is 19.4. The third-order valence-electron chi connectivity index (χ3n) is 10.0. The van der Waals surface area contributed by atoms with Gasteiger partial charge in [-0.05, 0) is 64.7 Å². The average molecular weight is 583 g/mol. The molecule has 0 spiro atoms. The minimum atomic E-state index is -2.30. The Morgan fingerprint density at radius 1 is 1.06 bits per heavy atom. The molecule has 0 aromatic rings. The van der Waals surface area contributed by atoms with Gasteiger partial charge < -0.3 is 8.85 Å². The molecule has 4 nitrogen and oxygen atoms in total. The summed E-state index contributed by atoms with van der Waals surface area (Å²) in [4.78, 5) is 13.7. The second-order valence-electron chi connectivity index (χ2n) is 14.5. The fraction of sp³-hybridized carbons (Fsp3) is 0.786. The van der Waals surface area contributed by atoms with E-state index in [4.69, 9.17) is 8.85 Å². The SMILES string of the molecule is C=C[C@]1(C)[C@@H](O[Si](C)(C)C(C)(C)C)C[C@@H]2[C@@H](O[Si](C)(C)C(C)(C)C)[C@@]1(C#N)C=C(Br)C(=O)C2(C)C. The lowest BCUT2D eigenvalue weighted by molar-refractivity contribution is -0.148. The van der Waals surface area contributed by atoms with Crippen molar-refractivity contribution < 1.29 is 13.6 Å². The highest BCUT2D eigenvalue weighted by Gasteiger charge is 2.68. The summed E-state index contributed by atoms with van der Waals surface area (Å²) in [6, 6.07) is 2.70. The van der Waals surface area contributed by atoms with E-state index in [0.29, 0.717) is 10.9 Å². The van der Waals surface area contributed by atoms with E-state index in [-0.39, 0.29) is 27.9 Å². The van der Waals surface area contributed by atoms with Gasteiger partial charge in [0.05, 0.1) is 22.8 Å². The van der Waals surface area contributed by atoms with Crippen LogP contribution < -0.4 is 0 Å². The number of nitriles is 1. The smallest absolute Gasteiger partial charge is 0.192 e. The number of carbonyl (C=O) groups excluding carboxylic acids is 1. The van der Waals surface area contributed by atoms with E-state index in [1.807, 2.05) is 26.0 Å². The number of carbonyl (C=O) groups is 1. The molecule has 5 atom stereocenters. The predicted molar refractivity (Wildman–Crippen MR) is 154 cm³/mol. The van der Waals surface area contributed by atoms with Crippen LogP contribution in [-0.4, -0.2) is 34.6 Å². The van der Waals surface area contributed by atoms with Crippen LogP contribution in [0, 0.1) is 33.5 Å². The quantitative estimate of drug-likeness (QED) is 0.241.